The second-order valence-corrected chi connectivity index (χ2v) is 6.61. The van der Waals surface area contributed by atoms with E-state index >= 15 is 0 Å². The third-order valence-corrected chi connectivity index (χ3v) is 4.46. The first-order chi connectivity index (χ1) is 12.0. The molecule has 1 saturated heterocycles. The Morgan fingerprint density at radius 3 is 2.64 bits per heavy atom. The van der Waals surface area contributed by atoms with Crippen molar-refractivity contribution in [1.82, 2.24) is 10.2 Å². The summed E-state index contributed by atoms with van der Waals surface area (Å²) in [6.45, 7) is 4.24. The van der Waals surface area contributed by atoms with Gasteiger partial charge in [-0.3, -0.25) is 0 Å². The molecule has 25 heavy (non-hydrogen) atoms. The lowest BCUT2D eigenvalue weighted by atomic mass is 9.99. The number of amides is 2. The number of nitrogens with one attached hydrogen (secondary N) is 1. The van der Waals surface area contributed by atoms with Crippen LogP contribution in [0.3, 0.4) is 0 Å². The molecule has 7 nitrogen and oxygen atoms in total. The van der Waals surface area contributed by atoms with Gasteiger partial charge in [-0.25, -0.2) is 4.79 Å². The molecule has 1 heterocycles. The number of hydrogen-bond acceptors (Lipinski definition) is 5. The van der Waals surface area contributed by atoms with E-state index < -0.39 is 5.54 Å². The molecule has 140 valence electrons. The van der Waals surface area contributed by atoms with Crippen LogP contribution in [0.1, 0.15) is 32.3 Å². The lowest BCUT2D eigenvalue weighted by Gasteiger charge is -2.35. The summed E-state index contributed by atoms with van der Waals surface area (Å²) in [5.41, 5.74) is 0.00982. The number of benzene rings is 1. The summed E-state index contributed by atoms with van der Waals surface area (Å²) in [6.07, 6.45) is 1.41. The van der Waals surface area contributed by atoms with E-state index in [-0.39, 0.29) is 25.3 Å². The first kappa shape index (κ1) is 19.3. The van der Waals surface area contributed by atoms with E-state index in [2.05, 4.69) is 5.32 Å². The van der Waals surface area contributed by atoms with Gasteiger partial charge in [0.1, 0.15) is 0 Å². The first-order valence-corrected chi connectivity index (χ1v) is 8.56. The van der Waals surface area contributed by atoms with Crippen LogP contribution in [-0.4, -0.2) is 59.7 Å². The summed E-state index contributed by atoms with van der Waals surface area (Å²) < 4.78 is 11.0. The minimum Gasteiger partial charge on any atom is -0.493 e. The zero-order valence-corrected chi connectivity index (χ0v) is 15.1. The Bertz CT molecular complexity index is 587. The van der Waals surface area contributed by atoms with Crippen molar-refractivity contribution in [3.05, 3.63) is 23.8 Å². The molecule has 1 aromatic rings. The average molecular weight is 352 g/mol. The van der Waals surface area contributed by atoms with Crippen molar-refractivity contribution in [2.45, 2.75) is 44.9 Å². The average Bonchev–Trinajstić information content (AvgIpc) is 3.04. The molecular formula is C18H28N2O5. The molecular weight excluding hydrogens is 324 g/mol. The summed E-state index contributed by atoms with van der Waals surface area (Å²) in [7, 11) is 1.58. The number of carbonyl (C=O) groups excluding carboxylic acids is 1. The van der Waals surface area contributed by atoms with Crippen LogP contribution in [0.2, 0.25) is 0 Å². The summed E-state index contributed by atoms with van der Waals surface area (Å²) >= 11 is 0. The lowest BCUT2D eigenvalue weighted by Crippen LogP contribution is -2.55. The van der Waals surface area contributed by atoms with E-state index in [1.54, 1.807) is 7.11 Å². The predicted octanol–water partition coefficient (Wildman–Crippen LogP) is 1.51. The van der Waals surface area contributed by atoms with Gasteiger partial charge in [-0.1, -0.05) is 6.07 Å². The molecule has 0 radical (unpaired) electrons. The van der Waals surface area contributed by atoms with E-state index in [1.807, 2.05) is 32.0 Å². The second kappa shape index (κ2) is 8.40. The van der Waals surface area contributed by atoms with E-state index in [0.29, 0.717) is 31.0 Å². The van der Waals surface area contributed by atoms with Crippen molar-refractivity contribution < 1.29 is 24.5 Å². The number of rotatable bonds is 7. The molecule has 0 unspecified atom stereocenters. The van der Waals surface area contributed by atoms with Crippen LogP contribution in [0.15, 0.2) is 18.2 Å². The number of aliphatic hydroxyl groups is 2. The molecule has 1 fully saturated rings. The monoisotopic (exact) mass is 352 g/mol. The van der Waals surface area contributed by atoms with Crippen molar-refractivity contribution in [3.8, 4) is 11.5 Å². The second-order valence-electron chi connectivity index (χ2n) is 6.61. The van der Waals surface area contributed by atoms with Crippen LogP contribution in [0.25, 0.3) is 0 Å². The normalized spacial score (nSPS) is 16.2. The largest absolute Gasteiger partial charge is 0.493 e. The summed E-state index contributed by atoms with van der Waals surface area (Å²) in [6, 6.07) is 5.23. The SMILES string of the molecule is COc1cc(CNC(=O)N2CCCC2(CO)CO)ccc1OC(C)C. The smallest absolute Gasteiger partial charge is 0.318 e. The Labute approximate surface area is 148 Å². The van der Waals surface area contributed by atoms with E-state index in [9.17, 15) is 15.0 Å². The Morgan fingerprint density at radius 2 is 2.04 bits per heavy atom. The topological polar surface area (TPSA) is 91.3 Å². The molecule has 0 saturated carbocycles. The fourth-order valence-electron chi connectivity index (χ4n) is 3.08. The molecule has 0 aromatic heterocycles. The van der Waals surface area contributed by atoms with Gasteiger partial charge in [0, 0.05) is 13.1 Å². The van der Waals surface area contributed by atoms with Gasteiger partial charge in [-0.2, -0.15) is 0 Å². The van der Waals surface area contributed by atoms with Crippen molar-refractivity contribution in [2.24, 2.45) is 0 Å². The zero-order chi connectivity index (χ0) is 18.4. The van der Waals surface area contributed by atoms with Crippen LogP contribution in [0.5, 0.6) is 11.5 Å². The van der Waals surface area contributed by atoms with Crippen LogP contribution < -0.4 is 14.8 Å². The van der Waals surface area contributed by atoms with Gasteiger partial charge in [-0.15, -0.1) is 0 Å². The van der Waals surface area contributed by atoms with Gasteiger partial charge in [0.05, 0.1) is 32.0 Å². The summed E-state index contributed by atoms with van der Waals surface area (Å²) in [5.74, 6) is 1.27. The maximum absolute atomic E-state index is 12.5. The Hall–Kier alpha value is -1.99. The molecule has 3 N–H and O–H groups in total. The fourth-order valence-corrected chi connectivity index (χ4v) is 3.08. The van der Waals surface area contributed by atoms with Crippen molar-refractivity contribution >= 4 is 6.03 Å². The summed E-state index contributed by atoms with van der Waals surface area (Å²) in [4.78, 5) is 14.0. The zero-order valence-electron chi connectivity index (χ0n) is 15.1. The van der Waals surface area contributed by atoms with Gasteiger partial charge in [0.25, 0.3) is 0 Å². The molecule has 2 amide bonds. The Kier molecular flexibility index (Phi) is 6.50. The number of nitrogens with zero attached hydrogens (tertiary/aromatic N) is 1. The number of urea groups is 1. The fraction of sp³-hybridized carbons (Fsp3) is 0.611. The van der Waals surface area contributed by atoms with E-state index in [4.69, 9.17) is 9.47 Å². The molecule has 0 bridgehead atoms. The van der Waals surface area contributed by atoms with Gasteiger partial charge in [0.15, 0.2) is 11.5 Å². The van der Waals surface area contributed by atoms with Crippen LogP contribution in [0, 0.1) is 0 Å². The number of likely N-dealkylation sites (tertiary alicyclic amines) is 1. The highest BCUT2D eigenvalue weighted by Crippen LogP contribution is 2.30. The van der Waals surface area contributed by atoms with Crippen molar-refractivity contribution in [1.29, 1.82) is 0 Å². The number of ether oxygens (including phenoxy) is 2. The molecule has 0 aliphatic carbocycles. The Balaban J connectivity index is 2.02. The minimum absolute atomic E-state index is 0.0414. The summed E-state index contributed by atoms with van der Waals surface area (Å²) in [5, 5.41) is 22.0. The lowest BCUT2D eigenvalue weighted by molar-refractivity contribution is 0.0355. The van der Waals surface area contributed by atoms with Crippen molar-refractivity contribution in [2.75, 3.05) is 26.9 Å². The van der Waals surface area contributed by atoms with Gasteiger partial charge in [-0.05, 0) is 44.4 Å². The number of hydrogen-bond donors (Lipinski definition) is 3. The van der Waals surface area contributed by atoms with Crippen LogP contribution >= 0.6 is 0 Å². The third kappa shape index (κ3) is 4.35. The number of methoxy groups -OCH3 is 1. The van der Waals surface area contributed by atoms with Gasteiger partial charge >= 0.3 is 6.03 Å². The molecule has 1 aliphatic rings. The third-order valence-electron chi connectivity index (χ3n) is 4.46. The predicted molar refractivity (Wildman–Crippen MR) is 93.8 cm³/mol. The molecule has 0 spiro atoms. The van der Waals surface area contributed by atoms with Gasteiger partial charge in [0.2, 0.25) is 0 Å². The molecule has 1 aliphatic heterocycles. The van der Waals surface area contributed by atoms with Crippen LogP contribution in [0.4, 0.5) is 4.79 Å². The molecule has 2 rings (SSSR count). The highest BCUT2D eigenvalue weighted by molar-refractivity contribution is 5.75. The van der Waals surface area contributed by atoms with Crippen molar-refractivity contribution in [3.63, 3.8) is 0 Å². The minimum atomic E-state index is -0.864. The molecule has 7 heteroatoms. The number of aliphatic hydroxyl groups excluding tert-OH is 2. The highest BCUT2D eigenvalue weighted by Gasteiger charge is 2.42. The standard InChI is InChI=1S/C18H28N2O5/c1-13(2)25-15-6-5-14(9-16(15)24-3)10-19-17(23)20-8-4-7-18(20,11-21)12-22/h5-6,9,13,21-22H,4,7-8,10-12H2,1-3H3,(H,19,23). The highest BCUT2D eigenvalue weighted by atomic mass is 16.5. The quantitative estimate of drug-likeness (QED) is 0.692. The van der Waals surface area contributed by atoms with E-state index in [1.165, 1.54) is 4.90 Å². The first-order valence-electron chi connectivity index (χ1n) is 8.56. The Morgan fingerprint density at radius 1 is 1.32 bits per heavy atom. The molecule has 0 atom stereocenters. The van der Waals surface area contributed by atoms with Crippen LogP contribution in [-0.2, 0) is 6.54 Å². The molecule has 1 aromatic carbocycles. The number of carbonyl (C=O) groups is 1. The maximum atomic E-state index is 12.5. The van der Waals surface area contributed by atoms with Gasteiger partial charge < -0.3 is 29.9 Å². The van der Waals surface area contributed by atoms with E-state index in [0.717, 1.165) is 12.0 Å². The maximum Gasteiger partial charge on any atom is 0.318 e.